The predicted molar refractivity (Wildman–Crippen MR) is 123 cm³/mol. The Morgan fingerprint density at radius 2 is 1.71 bits per heavy atom. The van der Waals surface area contributed by atoms with E-state index >= 15 is 0 Å². The van der Waals surface area contributed by atoms with Crippen molar-refractivity contribution in [1.82, 2.24) is 10.0 Å². The van der Waals surface area contributed by atoms with Gasteiger partial charge in [-0.2, -0.15) is 11.3 Å². The molecule has 0 saturated heterocycles. The molecule has 2 N–H and O–H groups in total. The van der Waals surface area contributed by atoms with Gasteiger partial charge >= 0.3 is 0 Å². The van der Waals surface area contributed by atoms with E-state index in [1.807, 2.05) is 11.4 Å². The van der Waals surface area contributed by atoms with E-state index < -0.39 is 10.0 Å². The highest BCUT2D eigenvalue weighted by Gasteiger charge is 2.13. The fraction of sp³-hybridized carbons (Fsp3) is 0.261. The largest absolute Gasteiger partial charge is 0.376 e. The second-order valence-electron chi connectivity index (χ2n) is 6.95. The van der Waals surface area contributed by atoms with Crippen LogP contribution in [0.2, 0.25) is 0 Å². The molecule has 0 aliphatic rings. The van der Waals surface area contributed by atoms with Gasteiger partial charge in [0.2, 0.25) is 10.0 Å². The molecule has 0 spiro atoms. The number of ether oxygens (including phenoxy) is 1. The minimum Gasteiger partial charge on any atom is -0.376 e. The van der Waals surface area contributed by atoms with Crippen LogP contribution in [0, 0.1) is 0 Å². The van der Waals surface area contributed by atoms with Gasteiger partial charge in [0.1, 0.15) is 0 Å². The zero-order valence-corrected chi connectivity index (χ0v) is 18.8. The lowest BCUT2D eigenvalue weighted by Crippen LogP contribution is -2.30. The van der Waals surface area contributed by atoms with Gasteiger partial charge in [-0.25, -0.2) is 13.1 Å². The predicted octanol–water partition coefficient (Wildman–Crippen LogP) is 3.61. The monoisotopic (exact) mass is 458 g/mol. The average Bonchev–Trinajstić information content (AvgIpc) is 3.31. The smallest absolute Gasteiger partial charge is 0.251 e. The summed E-state index contributed by atoms with van der Waals surface area (Å²) < 4.78 is 33.1. The van der Waals surface area contributed by atoms with Gasteiger partial charge in [-0.1, -0.05) is 30.3 Å². The first kappa shape index (κ1) is 23.1. The SMILES string of the molecule is O=C(NCCCNS(=O)(=O)c1ccc(COCCc2ccsc2)cc1)c1ccccc1. The normalized spacial score (nSPS) is 11.4. The maximum absolute atomic E-state index is 12.4. The van der Waals surface area contributed by atoms with Crippen molar-refractivity contribution in [3.05, 3.63) is 88.1 Å². The number of amides is 1. The molecule has 31 heavy (non-hydrogen) atoms. The van der Waals surface area contributed by atoms with Crippen molar-refractivity contribution in [3.8, 4) is 0 Å². The van der Waals surface area contributed by atoms with Crippen LogP contribution in [-0.2, 0) is 27.8 Å². The summed E-state index contributed by atoms with van der Waals surface area (Å²) in [6.07, 6.45) is 1.36. The Morgan fingerprint density at radius 1 is 0.935 bits per heavy atom. The van der Waals surface area contributed by atoms with Gasteiger partial charge in [0.15, 0.2) is 0 Å². The third-order valence-corrected chi connectivity index (χ3v) is 6.79. The lowest BCUT2D eigenvalue weighted by atomic mass is 10.2. The van der Waals surface area contributed by atoms with E-state index in [0.717, 1.165) is 12.0 Å². The van der Waals surface area contributed by atoms with E-state index in [2.05, 4.69) is 21.5 Å². The third-order valence-electron chi connectivity index (χ3n) is 4.58. The lowest BCUT2D eigenvalue weighted by molar-refractivity contribution is 0.0953. The van der Waals surface area contributed by atoms with E-state index in [0.29, 0.717) is 31.7 Å². The molecule has 0 unspecified atom stereocenters. The molecule has 0 aliphatic heterocycles. The summed E-state index contributed by atoms with van der Waals surface area (Å²) in [7, 11) is -3.59. The van der Waals surface area contributed by atoms with Gasteiger partial charge < -0.3 is 10.1 Å². The van der Waals surface area contributed by atoms with Crippen LogP contribution in [-0.4, -0.2) is 34.0 Å². The minimum atomic E-state index is -3.59. The number of hydrogen-bond donors (Lipinski definition) is 2. The summed E-state index contributed by atoms with van der Waals surface area (Å²) in [6, 6.07) is 17.7. The van der Waals surface area contributed by atoms with E-state index in [4.69, 9.17) is 4.74 Å². The van der Waals surface area contributed by atoms with Gasteiger partial charge in [-0.15, -0.1) is 0 Å². The number of benzene rings is 2. The van der Waals surface area contributed by atoms with Crippen molar-refractivity contribution in [2.24, 2.45) is 0 Å². The number of nitrogens with one attached hydrogen (secondary N) is 2. The maximum atomic E-state index is 12.4. The number of thiophene rings is 1. The number of carbonyl (C=O) groups excluding carboxylic acids is 1. The number of rotatable bonds is 12. The van der Waals surface area contributed by atoms with Crippen molar-refractivity contribution < 1.29 is 17.9 Å². The molecule has 0 saturated carbocycles. The second kappa shape index (κ2) is 11.8. The fourth-order valence-corrected chi connectivity index (χ4v) is 4.63. The molecule has 0 bridgehead atoms. The van der Waals surface area contributed by atoms with E-state index in [1.54, 1.807) is 59.9 Å². The Morgan fingerprint density at radius 3 is 2.42 bits per heavy atom. The average molecular weight is 459 g/mol. The first-order valence-corrected chi connectivity index (χ1v) is 12.5. The summed E-state index contributed by atoms with van der Waals surface area (Å²) in [4.78, 5) is 12.2. The molecule has 164 valence electrons. The topological polar surface area (TPSA) is 84.5 Å². The molecule has 2 aromatic carbocycles. The lowest BCUT2D eigenvalue weighted by Gasteiger charge is -2.09. The maximum Gasteiger partial charge on any atom is 0.251 e. The minimum absolute atomic E-state index is 0.170. The second-order valence-corrected chi connectivity index (χ2v) is 9.50. The Kier molecular flexibility index (Phi) is 8.78. The molecule has 1 amide bonds. The molecule has 3 rings (SSSR count). The molecule has 1 aromatic heterocycles. The summed E-state index contributed by atoms with van der Waals surface area (Å²) >= 11 is 1.67. The Labute approximate surface area is 187 Å². The van der Waals surface area contributed by atoms with Crippen LogP contribution in [0.5, 0.6) is 0 Å². The molecule has 1 heterocycles. The summed E-state index contributed by atoms with van der Waals surface area (Å²) in [5.74, 6) is -0.170. The zero-order valence-electron chi connectivity index (χ0n) is 17.1. The highest BCUT2D eigenvalue weighted by Crippen LogP contribution is 2.12. The van der Waals surface area contributed by atoms with Crippen LogP contribution >= 0.6 is 11.3 Å². The van der Waals surface area contributed by atoms with E-state index in [9.17, 15) is 13.2 Å². The van der Waals surface area contributed by atoms with Gasteiger partial charge in [0.05, 0.1) is 18.1 Å². The molecule has 0 atom stereocenters. The van der Waals surface area contributed by atoms with Crippen LogP contribution in [0.1, 0.15) is 27.9 Å². The van der Waals surface area contributed by atoms with Gasteiger partial charge in [-0.3, -0.25) is 4.79 Å². The summed E-state index contributed by atoms with van der Waals surface area (Å²) in [6.45, 7) is 1.70. The third kappa shape index (κ3) is 7.59. The highest BCUT2D eigenvalue weighted by atomic mass is 32.2. The molecule has 0 radical (unpaired) electrons. The van der Waals surface area contributed by atoms with Gasteiger partial charge in [-0.05, 0) is 65.1 Å². The highest BCUT2D eigenvalue weighted by molar-refractivity contribution is 7.89. The van der Waals surface area contributed by atoms with Crippen molar-refractivity contribution in [2.45, 2.75) is 24.3 Å². The van der Waals surface area contributed by atoms with Crippen molar-refractivity contribution in [1.29, 1.82) is 0 Å². The molecular formula is C23H26N2O4S2. The number of carbonyl (C=O) groups is 1. The standard InChI is InChI=1S/C23H26N2O4S2/c26-23(21-5-2-1-3-6-21)24-13-4-14-25-31(27,28)22-9-7-19(8-10-22)17-29-15-11-20-12-16-30-18-20/h1-3,5-10,12,16,18,25H,4,11,13-15,17H2,(H,24,26). The Balaban J connectivity index is 1.36. The zero-order chi connectivity index (χ0) is 21.9. The van der Waals surface area contributed by atoms with Crippen LogP contribution < -0.4 is 10.0 Å². The van der Waals surface area contributed by atoms with Gasteiger partial charge in [0.25, 0.3) is 5.91 Å². The van der Waals surface area contributed by atoms with Crippen LogP contribution in [0.25, 0.3) is 0 Å². The van der Waals surface area contributed by atoms with Crippen molar-refractivity contribution >= 4 is 27.3 Å². The first-order chi connectivity index (χ1) is 15.0. The Bertz CT molecular complexity index is 1030. The molecule has 6 nitrogen and oxygen atoms in total. The molecule has 3 aromatic rings. The van der Waals surface area contributed by atoms with E-state index in [-0.39, 0.29) is 17.3 Å². The molecule has 0 aliphatic carbocycles. The summed E-state index contributed by atoms with van der Waals surface area (Å²) in [5.41, 5.74) is 2.77. The molecule has 0 fully saturated rings. The van der Waals surface area contributed by atoms with E-state index in [1.165, 1.54) is 5.56 Å². The van der Waals surface area contributed by atoms with Gasteiger partial charge in [0, 0.05) is 18.7 Å². The Hall–Kier alpha value is -2.52. The van der Waals surface area contributed by atoms with Crippen molar-refractivity contribution in [2.75, 3.05) is 19.7 Å². The van der Waals surface area contributed by atoms with Crippen LogP contribution in [0.3, 0.4) is 0 Å². The first-order valence-electron chi connectivity index (χ1n) is 10.1. The number of sulfonamides is 1. The summed E-state index contributed by atoms with van der Waals surface area (Å²) in [5, 5.41) is 6.93. The van der Waals surface area contributed by atoms with Crippen LogP contribution in [0.15, 0.2) is 76.3 Å². The van der Waals surface area contributed by atoms with Crippen LogP contribution in [0.4, 0.5) is 0 Å². The number of hydrogen-bond acceptors (Lipinski definition) is 5. The quantitative estimate of drug-likeness (QED) is 0.406. The molecular weight excluding hydrogens is 432 g/mol. The van der Waals surface area contributed by atoms with Crippen molar-refractivity contribution in [3.63, 3.8) is 0 Å². The molecule has 8 heteroatoms. The fourth-order valence-electron chi connectivity index (χ4n) is 2.85.